The Morgan fingerprint density at radius 3 is 2.50 bits per heavy atom. The van der Waals surface area contributed by atoms with Crippen LogP contribution in [0.3, 0.4) is 0 Å². The molecule has 0 aromatic rings. The number of hydrogen-bond donors (Lipinski definition) is 1. The van der Waals surface area contributed by atoms with Crippen molar-refractivity contribution < 1.29 is 19.5 Å². The van der Waals surface area contributed by atoms with Crippen LogP contribution in [0.4, 0.5) is 0 Å². The average Bonchev–Trinajstić information content (AvgIpc) is 2.02. The lowest BCUT2D eigenvalue weighted by Crippen LogP contribution is -2.43. The Kier molecular flexibility index (Phi) is 2.69. The van der Waals surface area contributed by atoms with Gasteiger partial charge in [0.15, 0.2) is 0 Å². The number of aliphatic carboxylic acids is 1. The number of carboxylic acid groups (broad SMARTS) is 1. The number of hydrogen-bond acceptors (Lipinski definition) is 3. The Labute approximate surface area is 81.0 Å². The summed E-state index contributed by atoms with van der Waals surface area (Å²) in [6.45, 7) is 3.34. The third-order valence-corrected chi connectivity index (χ3v) is 2.13. The van der Waals surface area contributed by atoms with Crippen molar-refractivity contribution in [2.45, 2.75) is 20.3 Å². The fraction of sp³-hybridized carbons (Fsp3) is 0.444. The zero-order valence-electron chi connectivity index (χ0n) is 8.03. The summed E-state index contributed by atoms with van der Waals surface area (Å²) in [6, 6.07) is 0. The van der Waals surface area contributed by atoms with Crippen LogP contribution in [0.2, 0.25) is 0 Å². The van der Waals surface area contributed by atoms with E-state index >= 15 is 0 Å². The highest BCUT2D eigenvalue weighted by Crippen LogP contribution is 2.19. The molecule has 0 saturated carbocycles. The number of amides is 2. The fourth-order valence-corrected chi connectivity index (χ4v) is 1.44. The van der Waals surface area contributed by atoms with Gasteiger partial charge in [-0.15, -0.1) is 0 Å². The molecule has 0 unspecified atom stereocenters. The van der Waals surface area contributed by atoms with Gasteiger partial charge in [0, 0.05) is 13.0 Å². The monoisotopic (exact) mass is 197 g/mol. The van der Waals surface area contributed by atoms with Crippen LogP contribution in [0.25, 0.3) is 0 Å². The van der Waals surface area contributed by atoms with Crippen LogP contribution in [0.5, 0.6) is 0 Å². The lowest BCUT2D eigenvalue weighted by molar-refractivity contribution is -0.145. The first kappa shape index (κ1) is 10.4. The molecule has 5 nitrogen and oxygen atoms in total. The summed E-state index contributed by atoms with van der Waals surface area (Å²) in [6.07, 6.45) is 0.0151. The maximum absolute atomic E-state index is 11.5. The van der Waals surface area contributed by atoms with Crippen LogP contribution in [0.15, 0.2) is 11.1 Å². The normalized spacial score (nSPS) is 17.7. The molecule has 5 heteroatoms. The van der Waals surface area contributed by atoms with Crippen LogP contribution >= 0.6 is 0 Å². The first-order chi connectivity index (χ1) is 6.49. The number of carboxylic acids is 1. The molecule has 1 rings (SSSR count). The number of imide groups is 1. The van der Waals surface area contributed by atoms with Gasteiger partial charge in [-0.1, -0.05) is 0 Å². The van der Waals surface area contributed by atoms with Crippen molar-refractivity contribution in [1.29, 1.82) is 0 Å². The Balaban J connectivity index is 3.16. The topological polar surface area (TPSA) is 74.7 Å². The number of carbonyl (C=O) groups excluding carboxylic acids is 2. The molecule has 76 valence electrons. The van der Waals surface area contributed by atoms with E-state index in [4.69, 9.17) is 5.11 Å². The lowest BCUT2D eigenvalue weighted by atomic mass is 10.0. The first-order valence-electron chi connectivity index (χ1n) is 4.26. The number of likely N-dealkylation sites (N-methyl/N-ethyl adjacent to an activating group) is 1. The van der Waals surface area contributed by atoms with Crippen molar-refractivity contribution in [2.75, 3.05) is 6.54 Å². The largest absolute Gasteiger partial charge is 0.477 e. The van der Waals surface area contributed by atoms with Crippen LogP contribution in [-0.4, -0.2) is 34.3 Å². The summed E-state index contributed by atoms with van der Waals surface area (Å²) in [7, 11) is 0. The summed E-state index contributed by atoms with van der Waals surface area (Å²) >= 11 is 0. The van der Waals surface area contributed by atoms with Crippen molar-refractivity contribution in [1.82, 2.24) is 4.90 Å². The molecule has 14 heavy (non-hydrogen) atoms. The predicted octanol–water partition coefficient (Wildman–Crippen LogP) is 0.166. The minimum Gasteiger partial charge on any atom is -0.477 e. The SMILES string of the molecule is CCN1C(=O)CC(C)=C(C(=O)O)C1=O. The van der Waals surface area contributed by atoms with E-state index in [1.54, 1.807) is 6.92 Å². The van der Waals surface area contributed by atoms with Gasteiger partial charge in [-0.25, -0.2) is 4.79 Å². The molecule has 0 saturated heterocycles. The van der Waals surface area contributed by atoms with E-state index in [0.29, 0.717) is 5.57 Å². The van der Waals surface area contributed by atoms with E-state index in [2.05, 4.69) is 0 Å². The molecule has 0 fully saturated rings. The minimum atomic E-state index is -1.27. The second-order valence-corrected chi connectivity index (χ2v) is 3.08. The minimum absolute atomic E-state index is 0.0151. The van der Waals surface area contributed by atoms with Crippen molar-refractivity contribution in [3.63, 3.8) is 0 Å². The highest BCUT2D eigenvalue weighted by atomic mass is 16.4. The standard InChI is InChI=1S/C9H11NO4/c1-3-10-6(11)4-5(2)7(8(10)12)9(13)14/h3-4H2,1-2H3,(H,13,14). The number of rotatable bonds is 2. The van der Waals surface area contributed by atoms with Crippen LogP contribution in [0.1, 0.15) is 20.3 Å². The second kappa shape index (κ2) is 3.61. The Hall–Kier alpha value is -1.65. The molecule has 0 atom stereocenters. The summed E-state index contributed by atoms with van der Waals surface area (Å²) in [4.78, 5) is 34.5. The van der Waals surface area contributed by atoms with Crippen molar-refractivity contribution in [3.05, 3.63) is 11.1 Å². The molecule has 0 aliphatic carbocycles. The van der Waals surface area contributed by atoms with Crippen molar-refractivity contribution >= 4 is 17.8 Å². The van der Waals surface area contributed by atoms with E-state index in [9.17, 15) is 14.4 Å². The predicted molar refractivity (Wildman–Crippen MR) is 47.3 cm³/mol. The molecule has 1 N–H and O–H groups in total. The molecule has 2 amide bonds. The number of carbonyl (C=O) groups is 3. The smallest absolute Gasteiger partial charge is 0.341 e. The van der Waals surface area contributed by atoms with E-state index in [0.717, 1.165) is 4.90 Å². The van der Waals surface area contributed by atoms with Crippen molar-refractivity contribution in [2.24, 2.45) is 0 Å². The molecule has 1 aliphatic heterocycles. The van der Waals surface area contributed by atoms with Crippen LogP contribution in [-0.2, 0) is 14.4 Å². The highest BCUT2D eigenvalue weighted by Gasteiger charge is 2.33. The fourth-order valence-electron chi connectivity index (χ4n) is 1.44. The second-order valence-electron chi connectivity index (χ2n) is 3.08. The molecular formula is C9H11NO4. The van der Waals surface area contributed by atoms with Gasteiger partial charge < -0.3 is 5.11 Å². The molecule has 0 aromatic heterocycles. The Morgan fingerprint density at radius 1 is 1.50 bits per heavy atom. The van der Waals surface area contributed by atoms with E-state index in [1.165, 1.54) is 6.92 Å². The van der Waals surface area contributed by atoms with E-state index < -0.39 is 11.9 Å². The molecule has 0 aromatic carbocycles. The van der Waals surface area contributed by atoms with Crippen LogP contribution in [0, 0.1) is 0 Å². The average molecular weight is 197 g/mol. The third kappa shape index (κ3) is 1.53. The van der Waals surface area contributed by atoms with E-state index in [1.807, 2.05) is 0 Å². The summed E-state index contributed by atoms with van der Waals surface area (Å²) in [5.41, 5.74) is 0.0589. The molecule has 1 heterocycles. The van der Waals surface area contributed by atoms with Gasteiger partial charge in [-0.3, -0.25) is 14.5 Å². The Morgan fingerprint density at radius 2 is 2.07 bits per heavy atom. The van der Waals surface area contributed by atoms with Gasteiger partial charge in [0.05, 0.1) is 0 Å². The van der Waals surface area contributed by atoms with Gasteiger partial charge in [0.25, 0.3) is 5.91 Å². The summed E-state index contributed by atoms with van der Waals surface area (Å²) in [5, 5.41) is 8.76. The summed E-state index contributed by atoms with van der Waals surface area (Å²) < 4.78 is 0. The van der Waals surface area contributed by atoms with Gasteiger partial charge in [0.2, 0.25) is 5.91 Å². The lowest BCUT2D eigenvalue weighted by Gasteiger charge is -2.24. The summed E-state index contributed by atoms with van der Waals surface area (Å²) in [5.74, 6) is -2.30. The molecule has 0 bridgehead atoms. The maximum atomic E-state index is 11.5. The van der Waals surface area contributed by atoms with Gasteiger partial charge in [0.1, 0.15) is 5.57 Å². The zero-order chi connectivity index (χ0) is 10.9. The van der Waals surface area contributed by atoms with Crippen molar-refractivity contribution in [3.8, 4) is 0 Å². The highest BCUT2D eigenvalue weighted by molar-refractivity contribution is 6.22. The molecule has 0 radical (unpaired) electrons. The molecule has 1 aliphatic rings. The zero-order valence-corrected chi connectivity index (χ0v) is 8.03. The maximum Gasteiger partial charge on any atom is 0.341 e. The van der Waals surface area contributed by atoms with Crippen LogP contribution < -0.4 is 0 Å². The first-order valence-corrected chi connectivity index (χ1v) is 4.26. The molecule has 0 spiro atoms. The van der Waals surface area contributed by atoms with Gasteiger partial charge >= 0.3 is 5.97 Å². The van der Waals surface area contributed by atoms with Gasteiger partial charge in [-0.05, 0) is 19.4 Å². The Bertz CT molecular complexity index is 343. The number of nitrogens with zero attached hydrogens (tertiary/aromatic N) is 1. The molecular weight excluding hydrogens is 186 g/mol. The quantitative estimate of drug-likeness (QED) is 0.505. The van der Waals surface area contributed by atoms with E-state index in [-0.39, 0.29) is 24.4 Å². The third-order valence-electron chi connectivity index (χ3n) is 2.13. The van der Waals surface area contributed by atoms with Gasteiger partial charge in [-0.2, -0.15) is 0 Å².